The van der Waals surface area contributed by atoms with Gasteiger partial charge in [-0.2, -0.15) is 0 Å². The first kappa shape index (κ1) is 12.6. The molecule has 0 spiro atoms. The van der Waals surface area contributed by atoms with Crippen LogP contribution in [0.25, 0.3) is 0 Å². The molecule has 0 fully saturated rings. The largest absolute Gasteiger partial charge is 0.493 e. The van der Waals surface area contributed by atoms with Gasteiger partial charge < -0.3 is 4.74 Å². The molecule has 0 aliphatic heterocycles. The van der Waals surface area contributed by atoms with Gasteiger partial charge in [0.25, 0.3) is 0 Å². The predicted octanol–water partition coefficient (Wildman–Crippen LogP) is 4.10. The highest BCUT2D eigenvalue weighted by atomic mass is 79.9. The van der Waals surface area contributed by atoms with Gasteiger partial charge >= 0.3 is 0 Å². The minimum absolute atomic E-state index is 0.603. The van der Waals surface area contributed by atoms with Gasteiger partial charge in [0.2, 0.25) is 0 Å². The fourth-order valence-corrected chi connectivity index (χ4v) is 2.15. The number of benzene rings is 1. The highest BCUT2D eigenvalue weighted by Gasteiger charge is 2.05. The van der Waals surface area contributed by atoms with Crippen LogP contribution in [0.3, 0.4) is 0 Å². The molecule has 15 heavy (non-hydrogen) atoms. The Kier molecular flexibility index (Phi) is 5.16. The summed E-state index contributed by atoms with van der Waals surface area (Å²) in [5.41, 5.74) is 2.52. The van der Waals surface area contributed by atoms with E-state index >= 15 is 0 Å². The minimum atomic E-state index is 0.603. The maximum Gasteiger partial charge on any atom is 0.119 e. The molecule has 0 radical (unpaired) electrons. The quantitative estimate of drug-likeness (QED) is 0.732. The Morgan fingerprint density at radius 2 is 1.80 bits per heavy atom. The lowest BCUT2D eigenvalue weighted by molar-refractivity contribution is 0.260. The lowest BCUT2D eigenvalue weighted by atomic mass is 10.1. The van der Waals surface area contributed by atoms with Gasteiger partial charge in [-0.15, -0.1) is 0 Å². The lowest BCUT2D eigenvalue weighted by Crippen LogP contribution is -2.12. The van der Waals surface area contributed by atoms with Crippen LogP contribution in [0.4, 0.5) is 0 Å². The monoisotopic (exact) mass is 270 g/mol. The summed E-state index contributed by atoms with van der Waals surface area (Å²) in [7, 11) is 0. The summed E-state index contributed by atoms with van der Waals surface area (Å²) >= 11 is 3.50. The molecule has 0 amide bonds. The lowest BCUT2D eigenvalue weighted by Gasteiger charge is -2.13. The van der Waals surface area contributed by atoms with E-state index in [2.05, 4.69) is 54.9 Å². The van der Waals surface area contributed by atoms with Gasteiger partial charge in [-0.05, 0) is 43.5 Å². The summed E-state index contributed by atoms with van der Waals surface area (Å²) in [5.74, 6) is 1.60. The molecule has 0 bridgehead atoms. The van der Waals surface area contributed by atoms with Crippen LogP contribution in [0.1, 0.15) is 24.5 Å². The average molecular weight is 271 g/mol. The van der Waals surface area contributed by atoms with Crippen molar-refractivity contribution in [3.8, 4) is 5.75 Å². The smallest absolute Gasteiger partial charge is 0.119 e. The van der Waals surface area contributed by atoms with E-state index in [0.717, 1.165) is 24.1 Å². The number of ether oxygens (including phenoxy) is 1. The summed E-state index contributed by atoms with van der Waals surface area (Å²) in [5, 5.41) is 1.01. The van der Waals surface area contributed by atoms with E-state index in [1.165, 1.54) is 11.1 Å². The van der Waals surface area contributed by atoms with Crippen LogP contribution < -0.4 is 4.74 Å². The predicted molar refractivity (Wildman–Crippen MR) is 69.0 cm³/mol. The van der Waals surface area contributed by atoms with Crippen LogP contribution in [0.2, 0.25) is 0 Å². The van der Waals surface area contributed by atoms with Gasteiger partial charge in [0.15, 0.2) is 0 Å². The van der Waals surface area contributed by atoms with Crippen molar-refractivity contribution in [2.45, 2.75) is 27.2 Å². The molecule has 0 N–H and O–H groups in total. The van der Waals surface area contributed by atoms with Crippen molar-refractivity contribution >= 4 is 15.9 Å². The Hall–Kier alpha value is -0.500. The number of alkyl halides is 1. The second-order valence-electron chi connectivity index (χ2n) is 4.06. The zero-order chi connectivity index (χ0) is 11.3. The van der Waals surface area contributed by atoms with E-state index in [9.17, 15) is 0 Å². The molecule has 1 rings (SSSR count). The number of aryl methyl sites for hydroxylation is 2. The van der Waals surface area contributed by atoms with Crippen molar-refractivity contribution in [1.82, 2.24) is 0 Å². The van der Waals surface area contributed by atoms with Gasteiger partial charge in [-0.25, -0.2) is 0 Å². The number of hydrogen-bond acceptors (Lipinski definition) is 1. The van der Waals surface area contributed by atoms with E-state index in [4.69, 9.17) is 4.74 Å². The van der Waals surface area contributed by atoms with Crippen molar-refractivity contribution in [1.29, 1.82) is 0 Å². The highest BCUT2D eigenvalue weighted by molar-refractivity contribution is 9.09. The van der Waals surface area contributed by atoms with E-state index in [0.29, 0.717) is 5.92 Å². The third-order valence-corrected chi connectivity index (χ3v) is 3.39. The van der Waals surface area contributed by atoms with E-state index in [1.807, 2.05) is 0 Å². The van der Waals surface area contributed by atoms with Gasteiger partial charge in [-0.1, -0.05) is 28.9 Å². The third-order valence-electron chi connectivity index (χ3n) is 2.48. The van der Waals surface area contributed by atoms with E-state index in [1.54, 1.807) is 0 Å². The van der Waals surface area contributed by atoms with Crippen molar-refractivity contribution in [2.24, 2.45) is 5.92 Å². The molecular weight excluding hydrogens is 252 g/mol. The number of hydrogen-bond donors (Lipinski definition) is 0. The average Bonchev–Trinajstić information content (AvgIpc) is 2.18. The number of halogens is 1. The van der Waals surface area contributed by atoms with E-state index < -0.39 is 0 Å². The maximum absolute atomic E-state index is 5.78. The van der Waals surface area contributed by atoms with Gasteiger partial charge in [0.1, 0.15) is 5.75 Å². The topological polar surface area (TPSA) is 9.23 Å². The van der Waals surface area contributed by atoms with Crippen LogP contribution in [-0.4, -0.2) is 11.9 Å². The molecule has 2 heteroatoms. The van der Waals surface area contributed by atoms with Crippen molar-refractivity contribution in [2.75, 3.05) is 11.9 Å². The summed E-state index contributed by atoms with van der Waals surface area (Å²) in [6, 6.07) is 6.34. The Labute approximate surface area is 101 Å². The second-order valence-corrected chi connectivity index (χ2v) is 4.71. The molecule has 1 aromatic carbocycles. The summed E-state index contributed by atoms with van der Waals surface area (Å²) < 4.78 is 5.78. The molecule has 1 unspecified atom stereocenters. The molecule has 0 aliphatic carbocycles. The molecule has 0 heterocycles. The van der Waals surface area contributed by atoms with Crippen molar-refractivity contribution in [3.05, 3.63) is 29.3 Å². The Morgan fingerprint density at radius 3 is 2.27 bits per heavy atom. The first-order chi connectivity index (χ1) is 7.15. The van der Waals surface area contributed by atoms with Gasteiger partial charge in [0.05, 0.1) is 6.61 Å². The fourth-order valence-electron chi connectivity index (χ4n) is 1.50. The molecule has 1 aromatic rings. The molecule has 1 nitrogen and oxygen atoms in total. The van der Waals surface area contributed by atoms with Gasteiger partial charge in [-0.3, -0.25) is 0 Å². The standard InChI is InChI=1S/C13H19BrO/c1-4-12(8-14)9-15-13-6-10(2)5-11(3)7-13/h5-7,12H,4,8-9H2,1-3H3. The minimum Gasteiger partial charge on any atom is -0.493 e. The fraction of sp³-hybridized carbons (Fsp3) is 0.538. The Morgan fingerprint density at radius 1 is 1.20 bits per heavy atom. The van der Waals surface area contributed by atoms with Gasteiger partial charge in [0, 0.05) is 11.2 Å². The van der Waals surface area contributed by atoms with Crippen LogP contribution in [-0.2, 0) is 0 Å². The van der Waals surface area contributed by atoms with Crippen LogP contribution in [0, 0.1) is 19.8 Å². The molecule has 84 valence electrons. The SMILES string of the molecule is CCC(CBr)COc1cc(C)cc(C)c1. The normalized spacial score (nSPS) is 12.5. The zero-order valence-corrected chi connectivity index (χ0v) is 11.3. The Balaban J connectivity index is 2.57. The highest BCUT2D eigenvalue weighted by Crippen LogP contribution is 2.18. The summed E-state index contributed by atoms with van der Waals surface area (Å²) in [6.07, 6.45) is 1.15. The molecule has 0 aliphatic rings. The molecule has 1 atom stereocenters. The van der Waals surface area contributed by atoms with Crippen LogP contribution in [0.15, 0.2) is 18.2 Å². The van der Waals surface area contributed by atoms with Crippen LogP contribution >= 0.6 is 15.9 Å². The second kappa shape index (κ2) is 6.16. The third kappa shape index (κ3) is 4.25. The zero-order valence-electron chi connectivity index (χ0n) is 9.72. The summed E-state index contributed by atoms with van der Waals surface area (Å²) in [6.45, 7) is 7.19. The summed E-state index contributed by atoms with van der Waals surface area (Å²) in [4.78, 5) is 0. The van der Waals surface area contributed by atoms with Crippen molar-refractivity contribution < 1.29 is 4.74 Å². The maximum atomic E-state index is 5.78. The molecule has 0 aromatic heterocycles. The van der Waals surface area contributed by atoms with Crippen LogP contribution in [0.5, 0.6) is 5.75 Å². The molecular formula is C13H19BrO. The van der Waals surface area contributed by atoms with Crippen molar-refractivity contribution in [3.63, 3.8) is 0 Å². The number of rotatable bonds is 5. The molecule has 0 saturated heterocycles. The van der Waals surface area contributed by atoms with E-state index in [-0.39, 0.29) is 0 Å². The first-order valence-electron chi connectivity index (χ1n) is 5.42. The molecule has 0 saturated carbocycles. The first-order valence-corrected chi connectivity index (χ1v) is 6.55. The Bertz CT molecular complexity index is 285.